The maximum Gasteiger partial charge on any atom is 0.270 e. The van der Waals surface area contributed by atoms with Gasteiger partial charge < -0.3 is 5.11 Å². The predicted molar refractivity (Wildman–Crippen MR) is 48.4 cm³/mol. The second-order valence-electron chi connectivity index (χ2n) is 2.78. The molecule has 0 heterocycles. The van der Waals surface area contributed by atoms with Crippen molar-refractivity contribution in [3.8, 4) is 0 Å². The Bertz CT molecular complexity index is 300. The van der Waals surface area contributed by atoms with E-state index in [1.807, 2.05) is 6.92 Å². The van der Waals surface area contributed by atoms with Crippen LogP contribution in [0.15, 0.2) is 18.2 Å². The summed E-state index contributed by atoms with van der Waals surface area (Å²) in [6.45, 7) is 1.76. The van der Waals surface area contributed by atoms with Crippen LogP contribution in [0.1, 0.15) is 18.1 Å². The fraction of sp³-hybridized carbons (Fsp3) is 0.333. The Hall–Kier alpha value is -1.42. The number of aliphatic hydroxyl groups excluding tert-OH is 1. The van der Waals surface area contributed by atoms with Crippen LogP contribution in [0.5, 0.6) is 0 Å². The third kappa shape index (κ3) is 2.26. The molecule has 4 heteroatoms. The molecule has 0 spiro atoms. The average molecular weight is 181 g/mol. The van der Waals surface area contributed by atoms with Gasteiger partial charge in [0, 0.05) is 12.1 Å². The lowest BCUT2D eigenvalue weighted by Gasteiger charge is -2.00. The lowest BCUT2D eigenvalue weighted by Crippen LogP contribution is -1.93. The van der Waals surface area contributed by atoms with Gasteiger partial charge in [-0.15, -0.1) is 0 Å². The molecule has 0 aliphatic rings. The van der Waals surface area contributed by atoms with E-state index in [-0.39, 0.29) is 12.3 Å². The monoisotopic (exact) mass is 181 g/mol. The van der Waals surface area contributed by atoms with Crippen LogP contribution in [-0.4, -0.2) is 10.0 Å². The lowest BCUT2D eigenvalue weighted by atomic mass is 10.1. The molecule has 0 aromatic heterocycles. The highest BCUT2D eigenvalue weighted by Gasteiger charge is 2.07. The maximum atomic E-state index is 10.5. The van der Waals surface area contributed by atoms with Gasteiger partial charge in [0.05, 0.1) is 11.5 Å². The van der Waals surface area contributed by atoms with Crippen LogP contribution in [0.2, 0.25) is 0 Å². The second kappa shape index (κ2) is 4.00. The van der Waals surface area contributed by atoms with E-state index in [9.17, 15) is 10.1 Å². The van der Waals surface area contributed by atoms with Crippen LogP contribution in [0.4, 0.5) is 5.69 Å². The molecule has 4 nitrogen and oxygen atoms in total. The third-order valence-corrected chi connectivity index (χ3v) is 1.84. The highest BCUT2D eigenvalue weighted by Crippen LogP contribution is 2.17. The molecule has 70 valence electrons. The number of nitrogens with zero attached hydrogens (tertiary/aromatic N) is 1. The molecule has 13 heavy (non-hydrogen) atoms. The van der Waals surface area contributed by atoms with E-state index in [1.165, 1.54) is 12.1 Å². The lowest BCUT2D eigenvalue weighted by molar-refractivity contribution is -0.385. The van der Waals surface area contributed by atoms with Crippen LogP contribution >= 0.6 is 0 Å². The Morgan fingerprint density at radius 1 is 1.38 bits per heavy atom. The largest absolute Gasteiger partial charge is 0.392 e. The smallest absolute Gasteiger partial charge is 0.270 e. The van der Waals surface area contributed by atoms with Gasteiger partial charge in [0.2, 0.25) is 0 Å². The molecule has 0 aliphatic heterocycles. The van der Waals surface area contributed by atoms with Crippen molar-refractivity contribution in [3.05, 3.63) is 39.4 Å². The topological polar surface area (TPSA) is 63.4 Å². The number of non-ortho nitro benzene ring substituents is 1. The summed E-state index contributed by atoms with van der Waals surface area (Å²) in [5.41, 5.74) is 1.51. The minimum atomic E-state index is -0.446. The number of hydrogen-bond donors (Lipinski definition) is 1. The summed E-state index contributed by atoms with van der Waals surface area (Å²) in [4.78, 5) is 10.0. The van der Waals surface area contributed by atoms with Crippen LogP contribution < -0.4 is 0 Å². The molecule has 1 rings (SSSR count). The Morgan fingerprint density at radius 3 is 2.46 bits per heavy atom. The number of benzene rings is 1. The first-order valence-electron chi connectivity index (χ1n) is 4.05. The van der Waals surface area contributed by atoms with Crippen LogP contribution in [-0.2, 0) is 13.0 Å². The van der Waals surface area contributed by atoms with Crippen LogP contribution in [0, 0.1) is 10.1 Å². The van der Waals surface area contributed by atoms with E-state index in [1.54, 1.807) is 6.07 Å². The number of aryl methyl sites for hydroxylation is 1. The van der Waals surface area contributed by atoms with Gasteiger partial charge in [0.25, 0.3) is 5.69 Å². The molecule has 0 fully saturated rings. The van der Waals surface area contributed by atoms with E-state index in [4.69, 9.17) is 5.11 Å². The predicted octanol–water partition coefficient (Wildman–Crippen LogP) is 1.65. The van der Waals surface area contributed by atoms with Crippen molar-refractivity contribution in [1.29, 1.82) is 0 Å². The van der Waals surface area contributed by atoms with E-state index in [2.05, 4.69) is 0 Å². The number of nitro benzene ring substituents is 1. The van der Waals surface area contributed by atoms with Gasteiger partial charge in [-0.3, -0.25) is 10.1 Å². The van der Waals surface area contributed by atoms with Crippen molar-refractivity contribution >= 4 is 5.69 Å². The van der Waals surface area contributed by atoms with E-state index >= 15 is 0 Å². The van der Waals surface area contributed by atoms with Crippen molar-refractivity contribution in [1.82, 2.24) is 0 Å². The number of nitro groups is 1. The Morgan fingerprint density at radius 2 is 2.00 bits per heavy atom. The Kier molecular flexibility index (Phi) is 2.97. The van der Waals surface area contributed by atoms with Gasteiger partial charge in [-0.2, -0.15) is 0 Å². The second-order valence-corrected chi connectivity index (χ2v) is 2.78. The standard InChI is InChI=1S/C9H11NO3/c1-2-7-3-8(6-11)5-9(4-7)10(12)13/h3-5,11H,2,6H2,1H3. The molecule has 0 radical (unpaired) electrons. The summed E-state index contributed by atoms with van der Waals surface area (Å²) in [5.74, 6) is 0. The highest BCUT2D eigenvalue weighted by molar-refractivity contribution is 5.39. The number of rotatable bonds is 3. The number of aliphatic hydroxyl groups is 1. The van der Waals surface area contributed by atoms with E-state index in [0.717, 1.165) is 12.0 Å². The van der Waals surface area contributed by atoms with Crippen molar-refractivity contribution in [3.63, 3.8) is 0 Å². The molecular formula is C9H11NO3. The molecule has 0 unspecified atom stereocenters. The minimum absolute atomic E-state index is 0.0448. The van der Waals surface area contributed by atoms with Gasteiger partial charge in [-0.25, -0.2) is 0 Å². The average Bonchev–Trinajstić information content (AvgIpc) is 2.16. The van der Waals surface area contributed by atoms with E-state index < -0.39 is 4.92 Å². The van der Waals surface area contributed by atoms with Gasteiger partial charge in [0.15, 0.2) is 0 Å². The summed E-state index contributed by atoms with van der Waals surface area (Å²) in [7, 11) is 0. The SMILES string of the molecule is CCc1cc(CO)cc([N+](=O)[O-])c1. The summed E-state index contributed by atoms with van der Waals surface area (Å²) in [6, 6.07) is 4.69. The molecule has 1 aromatic carbocycles. The first-order valence-corrected chi connectivity index (χ1v) is 4.05. The molecule has 1 aromatic rings. The fourth-order valence-electron chi connectivity index (χ4n) is 1.14. The molecular weight excluding hydrogens is 170 g/mol. The highest BCUT2D eigenvalue weighted by atomic mass is 16.6. The molecule has 0 saturated carbocycles. The quantitative estimate of drug-likeness (QED) is 0.569. The zero-order valence-corrected chi connectivity index (χ0v) is 7.36. The van der Waals surface area contributed by atoms with Crippen molar-refractivity contribution in [2.75, 3.05) is 0 Å². The molecule has 0 bridgehead atoms. The van der Waals surface area contributed by atoms with Crippen molar-refractivity contribution < 1.29 is 10.0 Å². The molecule has 1 N–H and O–H groups in total. The van der Waals surface area contributed by atoms with E-state index in [0.29, 0.717) is 5.56 Å². The zero-order chi connectivity index (χ0) is 9.84. The molecule has 0 saturated heterocycles. The van der Waals surface area contributed by atoms with Crippen LogP contribution in [0.25, 0.3) is 0 Å². The maximum absolute atomic E-state index is 10.5. The molecule has 0 aliphatic carbocycles. The van der Waals surface area contributed by atoms with Gasteiger partial charge >= 0.3 is 0 Å². The van der Waals surface area contributed by atoms with Crippen molar-refractivity contribution in [2.45, 2.75) is 20.0 Å². The minimum Gasteiger partial charge on any atom is -0.392 e. The van der Waals surface area contributed by atoms with Gasteiger partial charge in [-0.1, -0.05) is 13.0 Å². The van der Waals surface area contributed by atoms with Gasteiger partial charge in [-0.05, 0) is 17.5 Å². The van der Waals surface area contributed by atoms with Gasteiger partial charge in [0.1, 0.15) is 0 Å². The summed E-state index contributed by atoms with van der Waals surface area (Å²) < 4.78 is 0. The van der Waals surface area contributed by atoms with Crippen LogP contribution in [0.3, 0.4) is 0 Å². The molecule has 0 atom stereocenters. The Balaban J connectivity index is 3.14. The Labute approximate surface area is 76.0 Å². The normalized spacial score (nSPS) is 10.0. The van der Waals surface area contributed by atoms with Crippen molar-refractivity contribution in [2.24, 2.45) is 0 Å². The number of hydrogen-bond acceptors (Lipinski definition) is 3. The summed E-state index contributed by atoms with van der Waals surface area (Å²) >= 11 is 0. The first kappa shape index (κ1) is 9.67. The molecule has 0 amide bonds. The first-order chi connectivity index (χ1) is 6.17. The zero-order valence-electron chi connectivity index (χ0n) is 7.36. The third-order valence-electron chi connectivity index (χ3n) is 1.84. The summed E-state index contributed by atoms with van der Waals surface area (Å²) in [5, 5.41) is 19.3. The summed E-state index contributed by atoms with van der Waals surface area (Å²) in [6.07, 6.45) is 0.731. The fourth-order valence-corrected chi connectivity index (χ4v) is 1.14.